The molecule has 1 aromatic rings. The van der Waals surface area contributed by atoms with Gasteiger partial charge in [0.05, 0.1) is 11.6 Å². The number of ether oxygens (including phenoxy) is 1. The van der Waals surface area contributed by atoms with E-state index in [4.69, 9.17) is 4.74 Å². The molecular weight excluding hydrogens is 382 g/mol. The molecule has 1 aromatic carbocycles. The molecule has 0 spiro atoms. The molecule has 0 saturated heterocycles. The highest BCUT2D eigenvalue weighted by Crippen LogP contribution is 2.34. The van der Waals surface area contributed by atoms with Crippen molar-refractivity contribution in [2.24, 2.45) is 0 Å². The maximum atomic E-state index is 5.57. The quantitative estimate of drug-likeness (QED) is 0.653. The van der Waals surface area contributed by atoms with E-state index in [0.29, 0.717) is 0 Å². The van der Waals surface area contributed by atoms with E-state index in [1.165, 1.54) is 37.7 Å². The summed E-state index contributed by atoms with van der Waals surface area (Å²) in [4.78, 5) is 2.59. The first-order valence-electron chi connectivity index (χ1n) is 7.41. The van der Waals surface area contributed by atoms with Gasteiger partial charge in [0.25, 0.3) is 0 Å². The molecule has 1 saturated carbocycles. The largest absolute Gasteiger partial charge is 0.495 e. The van der Waals surface area contributed by atoms with Crippen LogP contribution in [0.25, 0.3) is 0 Å². The SMILES string of the molecule is CCN(Cc1cc(Br)cc(Br)c1OC)C1CCCCC1. The van der Waals surface area contributed by atoms with Crippen LogP contribution in [0.15, 0.2) is 21.1 Å². The molecule has 4 heteroatoms. The summed E-state index contributed by atoms with van der Waals surface area (Å²) in [6, 6.07) is 4.95. The van der Waals surface area contributed by atoms with Gasteiger partial charge in [-0.15, -0.1) is 0 Å². The van der Waals surface area contributed by atoms with Crippen molar-refractivity contribution < 1.29 is 4.74 Å². The molecule has 0 aliphatic heterocycles. The molecule has 112 valence electrons. The van der Waals surface area contributed by atoms with Crippen molar-refractivity contribution in [3.63, 3.8) is 0 Å². The molecule has 1 fully saturated rings. The number of benzene rings is 1. The molecule has 20 heavy (non-hydrogen) atoms. The van der Waals surface area contributed by atoms with E-state index in [0.717, 1.165) is 33.8 Å². The fraction of sp³-hybridized carbons (Fsp3) is 0.625. The number of methoxy groups -OCH3 is 1. The molecule has 0 aromatic heterocycles. The Morgan fingerprint density at radius 3 is 2.50 bits per heavy atom. The minimum atomic E-state index is 0.733. The molecule has 0 heterocycles. The molecule has 0 N–H and O–H groups in total. The van der Waals surface area contributed by atoms with Gasteiger partial charge in [0.15, 0.2) is 0 Å². The Kier molecular flexibility index (Phi) is 6.37. The molecule has 0 bridgehead atoms. The van der Waals surface area contributed by atoms with Crippen molar-refractivity contribution in [1.82, 2.24) is 4.90 Å². The third kappa shape index (κ3) is 3.99. The summed E-state index contributed by atoms with van der Waals surface area (Å²) in [6.45, 7) is 4.31. The molecule has 0 amide bonds. The Morgan fingerprint density at radius 2 is 1.90 bits per heavy atom. The van der Waals surface area contributed by atoms with Gasteiger partial charge in [0, 0.05) is 22.6 Å². The van der Waals surface area contributed by atoms with Crippen molar-refractivity contribution in [3.05, 3.63) is 26.6 Å². The highest BCUT2D eigenvalue weighted by Gasteiger charge is 2.21. The van der Waals surface area contributed by atoms with E-state index < -0.39 is 0 Å². The Balaban J connectivity index is 2.18. The third-order valence-corrected chi connectivity index (χ3v) is 5.21. The summed E-state index contributed by atoms with van der Waals surface area (Å²) in [5, 5.41) is 0. The summed E-state index contributed by atoms with van der Waals surface area (Å²) in [7, 11) is 1.74. The average molecular weight is 405 g/mol. The van der Waals surface area contributed by atoms with Gasteiger partial charge < -0.3 is 4.74 Å². The zero-order chi connectivity index (χ0) is 14.5. The summed E-state index contributed by atoms with van der Waals surface area (Å²) >= 11 is 7.17. The lowest BCUT2D eigenvalue weighted by atomic mass is 9.94. The predicted octanol–water partition coefficient (Wildman–Crippen LogP) is 5.37. The Bertz CT molecular complexity index is 444. The second-order valence-electron chi connectivity index (χ2n) is 5.43. The fourth-order valence-electron chi connectivity index (χ4n) is 3.12. The number of rotatable bonds is 5. The highest BCUT2D eigenvalue weighted by atomic mass is 79.9. The topological polar surface area (TPSA) is 12.5 Å². The lowest BCUT2D eigenvalue weighted by molar-refractivity contribution is 0.154. The van der Waals surface area contributed by atoms with Crippen LogP contribution in [0.1, 0.15) is 44.6 Å². The van der Waals surface area contributed by atoms with Gasteiger partial charge in [-0.2, -0.15) is 0 Å². The van der Waals surface area contributed by atoms with E-state index in [1.807, 2.05) is 6.07 Å². The lowest BCUT2D eigenvalue weighted by Crippen LogP contribution is -2.36. The first kappa shape index (κ1) is 16.3. The smallest absolute Gasteiger partial charge is 0.137 e. The fourth-order valence-corrected chi connectivity index (χ4v) is 4.60. The number of nitrogens with zero attached hydrogens (tertiary/aromatic N) is 1. The molecule has 0 radical (unpaired) electrons. The monoisotopic (exact) mass is 403 g/mol. The third-order valence-electron chi connectivity index (χ3n) is 4.16. The first-order valence-corrected chi connectivity index (χ1v) is 9.00. The predicted molar refractivity (Wildman–Crippen MR) is 91.4 cm³/mol. The number of halogens is 2. The number of hydrogen-bond acceptors (Lipinski definition) is 2. The van der Waals surface area contributed by atoms with Crippen LogP contribution in [0.4, 0.5) is 0 Å². The first-order chi connectivity index (χ1) is 9.65. The standard InChI is InChI=1S/C16H23Br2NO/c1-3-19(14-7-5-4-6-8-14)11-12-9-13(17)10-15(18)16(12)20-2/h9-10,14H,3-8,11H2,1-2H3. The van der Waals surface area contributed by atoms with Gasteiger partial charge >= 0.3 is 0 Å². The Morgan fingerprint density at radius 1 is 1.20 bits per heavy atom. The maximum absolute atomic E-state index is 5.57. The van der Waals surface area contributed by atoms with Gasteiger partial charge in [-0.25, -0.2) is 0 Å². The van der Waals surface area contributed by atoms with E-state index in [-0.39, 0.29) is 0 Å². The van der Waals surface area contributed by atoms with E-state index in [1.54, 1.807) is 7.11 Å². The van der Waals surface area contributed by atoms with E-state index in [9.17, 15) is 0 Å². The van der Waals surface area contributed by atoms with Crippen molar-refractivity contribution >= 4 is 31.9 Å². The van der Waals surface area contributed by atoms with Gasteiger partial charge in [0.2, 0.25) is 0 Å². The van der Waals surface area contributed by atoms with Gasteiger partial charge in [-0.05, 0) is 47.4 Å². The normalized spacial score (nSPS) is 16.6. The molecule has 2 nitrogen and oxygen atoms in total. The van der Waals surface area contributed by atoms with Crippen LogP contribution in [0.3, 0.4) is 0 Å². The van der Waals surface area contributed by atoms with Crippen LogP contribution in [0, 0.1) is 0 Å². The molecule has 0 atom stereocenters. The molecule has 1 aliphatic carbocycles. The van der Waals surface area contributed by atoms with E-state index >= 15 is 0 Å². The molecule has 2 rings (SSSR count). The van der Waals surface area contributed by atoms with Gasteiger partial charge in [-0.3, -0.25) is 4.90 Å². The minimum Gasteiger partial charge on any atom is -0.495 e. The summed E-state index contributed by atoms with van der Waals surface area (Å²) in [5.41, 5.74) is 1.25. The van der Waals surface area contributed by atoms with Crippen molar-refractivity contribution in [1.29, 1.82) is 0 Å². The van der Waals surface area contributed by atoms with Gasteiger partial charge in [-0.1, -0.05) is 42.1 Å². The van der Waals surface area contributed by atoms with Crippen molar-refractivity contribution in [3.8, 4) is 5.75 Å². The second-order valence-corrected chi connectivity index (χ2v) is 7.20. The van der Waals surface area contributed by atoms with Crippen LogP contribution < -0.4 is 4.74 Å². The van der Waals surface area contributed by atoms with E-state index in [2.05, 4.69) is 49.7 Å². The Hall–Kier alpha value is -0.0600. The minimum absolute atomic E-state index is 0.733. The van der Waals surface area contributed by atoms with Crippen LogP contribution in [-0.2, 0) is 6.54 Å². The van der Waals surface area contributed by atoms with Gasteiger partial charge in [0.1, 0.15) is 5.75 Å². The summed E-state index contributed by atoms with van der Waals surface area (Å²) in [5.74, 6) is 0.961. The molecular formula is C16H23Br2NO. The lowest BCUT2D eigenvalue weighted by Gasteiger charge is -2.34. The van der Waals surface area contributed by atoms with Crippen molar-refractivity contribution in [2.45, 2.75) is 51.6 Å². The number of hydrogen-bond donors (Lipinski definition) is 0. The van der Waals surface area contributed by atoms with Crippen LogP contribution in [0.5, 0.6) is 5.75 Å². The molecule has 0 unspecified atom stereocenters. The summed E-state index contributed by atoms with van der Waals surface area (Å²) < 4.78 is 7.68. The van der Waals surface area contributed by atoms with Crippen LogP contribution in [0.2, 0.25) is 0 Å². The zero-order valence-corrected chi connectivity index (χ0v) is 15.5. The average Bonchev–Trinajstić information content (AvgIpc) is 2.45. The van der Waals surface area contributed by atoms with Crippen molar-refractivity contribution in [2.75, 3.05) is 13.7 Å². The second kappa shape index (κ2) is 7.81. The maximum Gasteiger partial charge on any atom is 0.137 e. The highest BCUT2D eigenvalue weighted by molar-refractivity contribution is 9.11. The Labute approximate surface area is 139 Å². The molecule has 1 aliphatic rings. The zero-order valence-electron chi connectivity index (χ0n) is 12.3. The van der Waals surface area contributed by atoms with Crippen LogP contribution >= 0.6 is 31.9 Å². The van der Waals surface area contributed by atoms with Crippen LogP contribution in [-0.4, -0.2) is 24.6 Å². The summed E-state index contributed by atoms with van der Waals surface area (Å²) in [6.07, 6.45) is 6.83.